The molecule has 1 saturated heterocycles. The summed E-state index contributed by atoms with van der Waals surface area (Å²) in [6.07, 6.45) is 0.992. The second kappa shape index (κ2) is 9.06. The summed E-state index contributed by atoms with van der Waals surface area (Å²) in [7, 11) is 1.72. The number of rotatable bonds is 5. The van der Waals surface area contributed by atoms with Crippen LogP contribution in [0.5, 0.6) is 0 Å². The smallest absolute Gasteiger partial charge is 0.241 e. The summed E-state index contributed by atoms with van der Waals surface area (Å²) in [5.74, 6) is -11.8. The van der Waals surface area contributed by atoms with Gasteiger partial charge >= 0.3 is 0 Å². The molecule has 1 aromatic rings. The van der Waals surface area contributed by atoms with E-state index in [4.69, 9.17) is 0 Å². The van der Waals surface area contributed by atoms with E-state index in [0.717, 1.165) is 0 Å². The second-order valence-electron chi connectivity index (χ2n) is 7.46. The zero-order valence-corrected chi connectivity index (χ0v) is 16.7. The van der Waals surface area contributed by atoms with Gasteiger partial charge in [0.2, 0.25) is 17.6 Å². The largest absolute Gasteiger partial charge is 0.343 e. The molecule has 1 aliphatic rings. The van der Waals surface area contributed by atoms with Crippen molar-refractivity contribution in [2.45, 2.75) is 45.7 Å². The fourth-order valence-corrected chi connectivity index (χ4v) is 3.18. The number of likely N-dealkylation sites (tertiary alicyclic amines) is 1. The van der Waals surface area contributed by atoms with Gasteiger partial charge in [0.15, 0.2) is 23.3 Å². The van der Waals surface area contributed by atoms with Crippen molar-refractivity contribution < 1.29 is 31.5 Å². The van der Waals surface area contributed by atoms with Crippen LogP contribution >= 0.6 is 0 Å². The summed E-state index contributed by atoms with van der Waals surface area (Å²) in [5.41, 5.74) is -1.37. The molecule has 1 N–H and O–H groups in total. The molecule has 1 aromatic carbocycles. The Morgan fingerprint density at radius 1 is 0.931 bits per heavy atom. The Bertz CT molecular complexity index is 766. The van der Waals surface area contributed by atoms with Crippen LogP contribution in [0.3, 0.4) is 0 Å². The lowest BCUT2D eigenvalue weighted by Crippen LogP contribution is -2.49. The van der Waals surface area contributed by atoms with E-state index in [1.54, 1.807) is 22.2 Å². The van der Waals surface area contributed by atoms with Gasteiger partial charge in [0.1, 0.15) is 5.69 Å². The number of hydrogen-bond donors (Lipinski definition) is 1. The lowest BCUT2D eigenvalue weighted by atomic mass is 9.94. The first-order valence-electron chi connectivity index (χ1n) is 9.30. The maximum Gasteiger partial charge on any atom is 0.241 e. The second-order valence-corrected chi connectivity index (χ2v) is 7.46. The van der Waals surface area contributed by atoms with Gasteiger partial charge in [0.05, 0.1) is 6.04 Å². The zero-order valence-electron chi connectivity index (χ0n) is 16.7. The van der Waals surface area contributed by atoms with Crippen LogP contribution in [0.2, 0.25) is 0 Å². The molecule has 5 nitrogen and oxygen atoms in total. The Kier molecular flexibility index (Phi) is 7.20. The number of carbonyl (C=O) groups excluding carboxylic acids is 2. The highest BCUT2D eigenvalue weighted by molar-refractivity contribution is 5.94. The van der Waals surface area contributed by atoms with Crippen LogP contribution in [0.15, 0.2) is 0 Å². The third-order valence-corrected chi connectivity index (χ3v) is 5.39. The fraction of sp³-hybridized carbons (Fsp3) is 0.579. The van der Waals surface area contributed by atoms with Gasteiger partial charge in [-0.25, -0.2) is 22.0 Å². The quantitative estimate of drug-likeness (QED) is 0.451. The topological polar surface area (TPSA) is 52.7 Å². The third kappa shape index (κ3) is 4.68. The Labute approximate surface area is 165 Å². The molecule has 0 spiro atoms. The van der Waals surface area contributed by atoms with Crippen molar-refractivity contribution in [3.63, 3.8) is 0 Å². The molecule has 162 valence electrons. The minimum Gasteiger partial charge on any atom is -0.343 e. The first kappa shape index (κ1) is 23.1. The number of hydrogen-bond acceptors (Lipinski definition) is 3. The van der Waals surface area contributed by atoms with Gasteiger partial charge in [0.25, 0.3) is 0 Å². The van der Waals surface area contributed by atoms with E-state index >= 15 is 0 Å². The van der Waals surface area contributed by atoms with Crippen molar-refractivity contribution >= 4 is 17.5 Å². The molecule has 0 radical (unpaired) electrons. The lowest BCUT2D eigenvalue weighted by molar-refractivity contribution is -0.137. The van der Waals surface area contributed by atoms with Crippen LogP contribution < -0.4 is 5.32 Å². The average molecular weight is 421 g/mol. The number of benzene rings is 1. The number of amides is 2. The van der Waals surface area contributed by atoms with Crippen molar-refractivity contribution in [1.29, 1.82) is 0 Å². The number of anilines is 1. The van der Waals surface area contributed by atoms with E-state index < -0.39 is 46.7 Å². The predicted molar refractivity (Wildman–Crippen MR) is 96.5 cm³/mol. The van der Waals surface area contributed by atoms with Crippen molar-refractivity contribution in [2.75, 3.05) is 25.5 Å². The highest BCUT2D eigenvalue weighted by Crippen LogP contribution is 2.28. The molecule has 0 bridgehead atoms. The van der Waals surface area contributed by atoms with Gasteiger partial charge in [-0.1, -0.05) is 0 Å². The summed E-state index contributed by atoms with van der Waals surface area (Å²) in [4.78, 5) is 28.1. The molecule has 2 amide bonds. The maximum atomic E-state index is 13.8. The van der Waals surface area contributed by atoms with E-state index in [9.17, 15) is 31.5 Å². The highest BCUT2D eigenvalue weighted by atomic mass is 19.2. The van der Waals surface area contributed by atoms with Gasteiger partial charge in [-0.3, -0.25) is 14.5 Å². The molecule has 2 rings (SSSR count). The van der Waals surface area contributed by atoms with E-state index in [2.05, 4.69) is 0 Å². The van der Waals surface area contributed by atoms with Crippen LogP contribution in [0.4, 0.5) is 27.6 Å². The predicted octanol–water partition coefficient (Wildman–Crippen LogP) is 3.29. The van der Waals surface area contributed by atoms with Gasteiger partial charge < -0.3 is 10.2 Å². The number of piperidine rings is 1. The van der Waals surface area contributed by atoms with Crippen molar-refractivity contribution in [1.82, 2.24) is 9.80 Å². The van der Waals surface area contributed by atoms with E-state index in [1.165, 1.54) is 6.92 Å². The number of halogens is 5. The first-order valence-corrected chi connectivity index (χ1v) is 9.30. The molecule has 0 saturated carbocycles. The molecule has 1 unspecified atom stereocenters. The van der Waals surface area contributed by atoms with Gasteiger partial charge in [-0.05, 0) is 46.7 Å². The normalized spacial score (nSPS) is 16.8. The van der Waals surface area contributed by atoms with Crippen LogP contribution in [0.25, 0.3) is 0 Å². The number of carbonyl (C=O) groups is 2. The maximum absolute atomic E-state index is 13.8. The summed E-state index contributed by atoms with van der Waals surface area (Å²) >= 11 is 0. The average Bonchev–Trinajstić information content (AvgIpc) is 2.72. The molecular weight excluding hydrogens is 397 g/mol. The number of nitrogens with one attached hydrogen (secondary N) is 1. The van der Waals surface area contributed by atoms with Crippen LogP contribution in [0.1, 0.15) is 33.6 Å². The Morgan fingerprint density at radius 3 is 1.83 bits per heavy atom. The van der Waals surface area contributed by atoms with E-state index in [-0.39, 0.29) is 17.9 Å². The number of nitrogens with zero attached hydrogens (tertiary/aromatic N) is 2. The van der Waals surface area contributed by atoms with Crippen molar-refractivity contribution in [2.24, 2.45) is 5.92 Å². The lowest BCUT2D eigenvalue weighted by Gasteiger charge is -2.36. The van der Waals surface area contributed by atoms with Crippen LogP contribution in [0, 0.1) is 35.0 Å². The molecule has 29 heavy (non-hydrogen) atoms. The molecule has 10 heteroatoms. The van der Waals surface area contributed by atoms with Crippen molar-refractivity contribution in [3.05, 3.63) is 29.1 Å². The summed E-state index contributed by atoms with van der Waals surface area (Å²) in [6, 6.07) is -0.824. The minimum atomic E-state index is -2.29. The summed E-state index contributed by atoms with van der Waals surface area (Å²) in [6.45, 7) is 6.03. The van der Waals surface area contributed by atoms with Crippen LogP contribution in [-0.4, -0.2) is 53.8 Å². The zero-order chi connectivity index (χ0) is 22.0. The molecule has 1 fully saturated rings. The first-order chi connectivity index (χ1) is 13.5. The molecule has 0 aromatic heterocycles. The molecule has 1 aliphatic heterocycles. The molecule has 0 aliphatic carbocycles. The van der Waals surface area contributed by atoms with E-state index in [0.29, 0.717) is 25.9 Å². The molecular formula is C19H24F5N3O2. The Hall–Kier alpha value is -2.23. The van der Waals surface area contributed by atoms with Gasteiger partial charge in [-0.15, -0.1) is 0 Å². The van der Waals surface area contributed by atoms with Gasteiger partial charge in [-0.2, -0.15) is 0 Å². The standard InChI is InChI=1S/C19H24F5N3O2/c1-9(2)26(4)19(29)11-5-7-27(8-6-11)10(3)18(28)25-17-15(23)13(21)12(20)14(22)16(17)24/h9-11H,5-8H2,1-4H3,(H,25,28). The third-order valence-electron chi connectivity index (χ3n) is 5.39. The monoisotopic (exact) mass is 421 g/mol. The minimum absolute atomic E-state index is 0.0122. The molecule has 1 atom stereocenters. The Balaban J connectivity index is 2.04. The fourth-order valence-electron chi connectivity index (χ4n) is 3.18. The molecule has 1 heterocycles. The Morgan fingerprint density at radius 2 is 1.38 bits per heavy atom. The summed E-state index contributed by atoms with van der Waals surface area (Å²) in [5, 5.41) is 1.80. The van der Waals surface area contributed by atoms with Gasteiger partial charge in [0, 0.05) is 19.0 Å². The highest BCUT2D eigenvalue weighted by Gasteiger charge is 2.33. The van der Waals surface area contributed by atoms with E-state index in [1.807, 2.05) is 13.8 Å². The SMILES string of the molecule is CC(C(=O)Nc1c(F)c(F)c(F)c(F)c1F)N1CCC(C(=O)N(C)C(C)C)CC1. The van der Waals surface area contributed by atoms with Crippen molar-refractivity contribution in [3.8, 4) is 0 Å². The van der Waals surface area contributed by atoms with Crippen LogP contribution in [-0.2, 0) is 9.59 Å². The summed E-state index contributed by atoms with van der Waals surface area (Å²) < 4.78 is 67.2.